The highest BCUT2D eigenvalue weighted by Gasteiger charge is 2.85. The van der Waals surface area contributed by atoms with Gasteiger partial charge in [0.05, 0.1) is 49.3 Å². The van der Waals surface area contributed by atoms with E-state index in [0.717, 1.165) is 19.3 Å². The summed E-state index contributed by atoms with van der Waals surface area (Å²) in [6.07, 6.45) is -24.5. The molecule has 0 aromatic carbocycles. The van der Waals surface area contributed by atoms with E-state index in [1.807, 2.05) is 0 Å². The largest absolute Gasteiger partial charge is 0.462 e. The highest BCUT2D eigenvalue weighted by Crippen LogP contribution is 2.89. The molecule has 0 aromatic rings. The van der Waals surface area contributed by atoms with E-state index in [2.05, 4.69) is 34.6 Å². The summed E-state index contributed by atoms with van der Waals surface area (Å²) in [5.74, 6) is -1.16. The van der Waals surface area contributed by atoms with Crippen LogP contribution in [0.15, 0.2) is 0 Å². The van der Waals surface area contributed by atoms with Crippen molar-refractivity contribution < 1.29 is 114 Å². The lowest BCUT2D eigenvalue weighted by atomic mass is 9.41. The zero-order valence-electron chi connectivity index (χ0n) is 46.8. The Morgan fingerprint density at radius 2 is 1.23 bits per heavy atom. The second-order valence-corrected chi connectivity index (χ2v) is 26.8. The third kappa shape index (κ3) is 9.95. The van der Waals surface area contributed by atoms with E-state index in [-0.39, 0.29) is 47.5 Å². The van der Waals surface area contributed by atoms with E-state index in [1.54, 1.807) is 27.7 Å². The average molecular weight is 1120 g/mol. The number of esters is 1. The molecule has 9 rings (SSSR count). The summed E-state index contributed by atoms with van der Waals surface area (Å²) in [6, 6.07) is 0. The fourth-order valence-electron chi connectivity index (χ4n) is 17.5. The number of carbonyl (C=O) groups excluding carboxylic acids is 1. The number of rotatable bonds is 15. The zero-order chi connectivity index (χ0) is 57.3. The molecule has 0 amide bonds. The van der Waals surface area contributed by atoms with Gasteiger partial charge in [-0.25, -0.2) is 0 Å². The van der Waals surface area contributed by atoms with Crippen LogP contribution in [0.5, 0.6) is 0 Å². The highest BCUT2D eigenvalue weighted by atomic mass is 16.7. The van der Waals surface area contributed by atoms with Gasteiger partial charge in [-0.2, -0.15) is 0 Å². The van der Waals surface area contributed by atoms with E-state index in [1.165, 1.54) is 6.92 Å². The fourth-order valence-corrected chi connectivity index (χ4v) is 17.5. The Kier molecular flexibility index (Phi) is 17.2. The molecule has 0 radical (unpaired) electrons. The van der Waals surface area contributed by atoms with Crippen LogP contribution in [0.25, 0.3) is 0 Å². The average Bonchev–Trinajstić information content (AvgIpc) is 3.98. The van der Waals surface area contributed by atoms with Crippen molar-refractivity contribution in [2.45, 2.75) is 274 Å². The summed E-state index contributed by atoms with van der Waals surface area (Å²) in [5, 5.41) is 140. The molecule has 2 spiro atoms. The Balaban J connectivity index is 1.03. The van der Waals surface area contributed by atoms with Crippen molar-refractivity contribution in [1.29, 1.82) is 0 Å². The molecule has 0 bridgehead atoms. The van der Waals surface area contributed by atoms with Gasteiger partial charge in [-0.1, -0.05) is 34.6 Å². The monoisotopic (exact) mass is 1120 g/mol. The van der Waals surface area contributed by atoms with E-state index < -0.39 is 176 Å². The van der Waals surface area contributed by atoms with Gasteiger partial charge in [0.1, 0.15) is 85.5 Å². The second-order valence-electron chi connectivity index (χ2n) is 26.8. The first kappa shape index (κ1) is 61.2. The minimum atomic E-state index is -1.76. The number of hydrogen-bond acceptors (Lipinski definition) is 23. The molecule has 0 aromatic heterocycles. The number of ether oxygens (including phenoxy) is 9. The zero-order valence-corrected chi connectivity index (χ0v) is 46.8. The van der Waals surface area contributed by atoms with Crippen molar-refractivity contribution in [2.24, 2.45) is 50.7 Å². The van der Waals surface area contributed by atoms with Crippen LogP contribution in [0.2, 0.25) is 0 Å². The normalized spacial score (nSPS) is 53.7. The molecule has 31 atom stereocenters. The lowest BCUT2D eigenvalue weighted by Gasteiger charge is -2.65. The first-order valence-corrected chi connectivity index (χ1v) is 28.5. The molecule has 78 heavy (non-hydrogen) atoms. The van der Waals surface area contributed by atoms with Gasteiger partial charge in [0, 0.05) is 12.8 Å². The predicted molar refractivity (Wildman–Crippen MR) is 268 cm³/mol. The van der Waals surface area contributed by atoms with E-state index in [0.29, 0.717) is 32.1 Å². The summed E-state index contributed by atoms with van der Waals surface area (Å²) in [6.45, 7) is 17.8. The van der Waals surface area contributed by atoms with Gasteiger partial charge in [-0.05, 0) is 130 Å². The number of carbonyl (C=O) groups is 1. The molecule has 4 heterocycles. The Hall–Kier alpha value is -1.37. The summed E-state index contributed by atoms with van der Waals surface area (Å²) < 4.78 is 56.5. The maximum Gasteiger partial charge on any atom is 0.302 e. The minimum Gasteiger partial charge on any atom is -0.462 e. The van der Waals surface area contributed by atoms with Gasteiger partial charge in [-0.15, -0.1) is 0 Å². The molecule has 23 nitrogen and oxygen atoms in total. The number of hydrogen-bond donors (Lipinski definition) is 13. The Morgan fingerprint density at radius 3 is 1.83 bits per heavy atom. The van der Waals surface area contributed by atoms with Gasteiger partial charge in [0.15, 0.2) is 25.2 Å². The summed E-state index contributed by atoms with van der Waals surface area (Å²) in [5.41, 5.74) is -3.63. The Labute approximate surface area is 456 Å². The number of aliphatic hydroxyl groups excluding tert-OH is 13. The molecule has 9 fully saturated rings. The third-order valence-corrected chi connectivity index (χ3v) is 21.8. The van der Waals surface area contributed by atoms with Crippen molar-refractivity contribution in [1.82, 2.24) is 0 Å². The SMILES string of the molecule is CC(=O)O[C@@H]1C[C@@]2(C)[C@@H]3C[C@H](O[C@@H]4O[C@@H](C)[C@H](O)[C@@H](O)[C@H]4O)[C@H]4C(C)(C)[C@@H](O[C@@H]5O[C@@H](C)[C@H](O)[C@@H](O)[C@H]5O)CC[C@@]45C[C@@]35CC[C@]2(C)[C@H]1[C@H](C)CC[C@@H](O[C@@H]1O[C@H](CO)[C@@H](O)[C@H](O)[C@H]1O)C(C)(C)O[C@@H]1OC[C@@H](O)[C@H](O)[C@H]1O. The quantitative estimate of drug-likeness (QED) is 0.0679. The first-order valence-electron chi connectivity index (χ1n) is 28.5. The van der Waals surface area contributed by atoms with Crippen LogP contribution < -0.4 is 0 Å². The fraction of sp³-hybridized carbons (Fsp3) is 0.982. The molecule has 4 aliphatic heterocycles. The van der Waals surface area contributed by atoms with Gasteiger partial charge >= 0.3 is 5.97 Å². The molecule has 5 aliphatic carbocycles. The van der Waals surface area contributed by atoms with Crippen molar-refractivity contribution in [2.75, 3.05) is 13.2 Å². The molecule has 450 valence electrons. The Bertz CT molecular complexity index is 2100. The van der Waals surface area contributed by atoms with Gasteiger partial charge < -0.3 is 109 Å². The molecular formula is C55H92O23. The van der Waals surface area contributed by atoms with Crippen LogP contribution in [0.4, 0.5) is 0 Å². The molecule has 4 saturated heterocycles. The highest BCUT2D eigenvalue weighted by molar-refractivity contribution is 5.66. The van der Waals surface area contributed by atoms with Crippen molar-refractivity contribution in [3.05, 3.63) is 0 Å². The number of aliphatic hydroxyl groups is 13. The Morgan fingerprint density at radius 1 is 0.654 bits per heavy atom. The van der Waals surface area contributed by atoms with E-state index in [9.17, 15) is 71.2 Å². The smallest absolute Gasteiger partial charge is 0.302 e. The topological polar surface area (TPSA) is 363 Å². The third-order valence-electron chi connectivity index (χ3n) is 21.8. The van der Waals surface area contributed by atoms with E-state index in [4.69, 9.17) is 42.6 Å². The molecule has 13 N–H and O–H groups in total. The van der Waals surface area contributed by atoms with Gasteiger partial charge in [0.25, 0.3) is 0 Å². The van der Waals surface area contributed by atoms with Crippen LogP contribution in [0.1, 0.15) is 127 Å². The molecule has 9 aliphatic rings. The number of fused-ring (bicyclic) bond motifs is 2. The molecule has 0 unspecified atom stereocenters. The summed E-state index contributed by atoms with van der Waals surface area (Å²) in [7, 11) is 0. The van der Waals surface area contributed by atoms with Crippen LogP contribution >= 0.6 is 0 Å². The van der Waals surface area contributed by atoms with Crippen molar-refractivity contribution in [3.63, 3.8) is 0 Å². The lowest BCUT2D eigenvalue weighted by molar-refractivity contribution is -0.345. The van der Waals surface area contributed by atoms with Crippen molar-refractivity contribution >= 4 is 5.97 Å². The molecular weight excluding hydrogens is 1030 g/mol. The molecule has 5 saturated carbocycles. The van der Waals surface area contributed by atoms with Crippen LogP contribution in [0, 0.1) is 50.7 Å². The summed E-state index contributed by atoms with van der Waals surface area (Å²) >= 11 is 0. The standard InChI is InChI=1S/C55H92O23/c1-22(11-12-32(77-49-44(69)40(65)37(62)29(19-56)75-49)51(7,8)78-46-41(66)36(61)26(58)20-70-46)33-28(73-25(4)57)18-53(10)30-17-27(74-47-42(67)38(63)34(59)23(2)71-47)45-50(5,6)31(76-48-43(68)39(64)35(60)24(3)72-48)13-14-55(45)21-54(30,55)16-15-52(33,53)9/h22-24,26-49,56,58-69H,11-21H2,1-10H3/t22-,23+,24+,26-,27+,28-,29-,30+,31+,32-,33+,34+,35+,36+,37-,38-,39-,40+,41-,42-,43-,44-,45+,46+,47+,48+,49+,52-,53+,54+,55-/m1/s1. The maximum absolute atomic E-state index is 13.3. The molecule has 23 heteroatoms. The van der Waals surface area contributed by atoms with Crippen LogP contribution in [0.3, 0.4) is 0 Å². The van der Waals surface area contributed by atoms with Gasteiger partial charge in [0.2, 0.25) is 0 Å². The van der Waals surface area contributed by atoms with Gasteiger partial charge in [-0.3, -0.25) is 4.79 Å². The summed E-state index contributed by atoms with van der Waals surface area (Å²) in [4.78, 5) is 13.3. The van der Waals surface area contributed by atoms with Crippen LogP contribution in [-0.4, -0.2) is 232 Å². The van der Waals surface area contributed by atoms with Crippen LogP contribution in [-0.2, 0) is 47.4 Å². The second kappa shape index (κ2) is 21.9. The maximum atomic E-state index is 13.3. The van der Waals surface area contributed by atoms with E-state index >= 15 is 0 Å². The first-order chi connectivity index (χ1) is 36.3. The lowest BCUT2D eigenvalue weighted by Crippen LogP contribution is -2.65. The minimum absolute atomic E-state index is 0.0337. The predicted octanol–water partition coefficient (Wildman–Crippen LogP) is -1.16. The van der Waals surface area contributed by atoms with Crippen molar-refractivity contribution in [3.8, 4) is 0 Å².